The first-order chi connectivity index (χ1) is 14.6. The van der Waals surface area contributed by atoms with Gasteiger partial charge < -0.3 is 15.0 Å². The molecule has 0 spiro atoms. The Balaban J connectivity index is 1.40. The Morgan fingerprint density at radius 2 is 1.97 bits per heavy atom. The fourth-order valence-electron chi connectivity index (χ4n) is 3.19. The number of morpholine rings is 1. The molecule has 1 aromatic heterocycles. The molecule has 1 fully saturated rings. The summed E-state index contributed by atoms with van der Waals surface area (Å²) in [6, 6.07) is 13.6. The van der Waals surface area contributed by atoms with Crippen molar-refractivity contribution < 1.29 is 13.9 Å². The Hall–Kier alpha value is -2.97. The number of halogens is 1. The lowest BCUT2D eigenvalue weighted by molar-refractivity contribution is -0.0135. The van der Waals surface area contributed by atoms with Crippen molar-refractivity contribution in [2.24, 2.45) is 0 Å². The van der Waals surface area contributed by atoms with Crippen LogP contribution in [0.5, 0.6) is 0 Å². The highest BCUT2D eigenvalue weighted by Gasteiger charge is 2.25. The first-order valence-electron chi connectivity index (χ1n) is 9.57. The summed E-state index contributed by atoms with van der Waals surface area (Å²) >= 11 is 1.47. The Morgan fingerprint density at radius 3 is 2.70 bits per heavy atom. The number of carbonyl (C=O) groups excluding carboxylic acids is 1. The smallest absolute Gasteiger partial charge is 0.322 e. The maximum atomic E-state index is 13.2. The topological polar surface area (TPSA) is 67.4 Å². The van der Waals surface area contributed by atoms with Gasteiger partial charge in [-0.25, -0.2) is 19.2 Å². The summed E-state index contributed by atoms with van der Waals surface area (Å²) in [4.78, 5) is 24.0. The lowest BCUT2D eigenvalue weighted by atomic mass is 10.1. The van der Waals surface area contributed by atoms with E-state index in [1.807, 2.05) is 25.1 Å². The molecule has 0 bridgehead atoms. The molecule has 2 aromatic carbocycles. The Kier molecular flexibility index (Phi) is 6.25. The highest BCUT2D eigenvalue weighted by molar-refractivity contribution is 7.99. The van der Waals surface area contributed by atoms with Crippen molar-refractivity contribution in [3.05, 3.63) is 77.9 Å². The van der Waals surface area contributed by atoms with E-state index in [9.17, 15) is 9.18 Å². The Bertz CT molecular complexity index is 1020. The predicted octanol–water partition coefficient (Wildman–Crippen LogP) is 4.68. The predicted molar refractivity (Wildman–Crippen MR) is 113 cm³/mol. The van der Waals surface area contributed by atoms with Crippen molar-refractivity contribution in [1.29, 1.82) is 0 Å². The molecule has 1 aliphatic rings. The van der Waals surface area contributed by atoms with Gasteiger partial charge in [-0.2, -0.15) is 0 Å². The maximum Gasteiger partial charge on any atom is 0.322 e. The van der Waals surface area contributed by atoms with Crippen LogP contribution in [0.15, 0.2) is 71.0 Å². The van der Waals surface area contributed by atoms with Gasteiger partial charge in [0, 0.05) is 29.5 Å². The average molecular weight is 425 g/mol. The van der Waals surface area contributed by atoms with Crippen LogP contribution in [0.2, 0.25) is 0 Å². The SMILES string of the molecule is Cc1cc(Sc2ncccn2)ccc1NC(=O)N1CCOC(c2ccc(F)cc2)C1. The summed E-state index contributed by atoms with van der Waals surface area (Å²) < 4.78 is 18.9. The molecule has 0 radical (unpaired) electrons. The highest BCUT2D eigenvalue weighted by atomic mass is 32.2. The van der Waals surface area contributed by atoms with Gasteiger partial charge in [0.2, 0.25) is 0 Å². The van der Waals surface area contributed by atoms with Crippen molar-refractivity contribution >= 4 is 23.5 Å². The molecule has 1 unspecified atom stereocenters. The standard InChI is InChI=1S/C22H21FN4O2S/c1-15-13-18(30-21-24-9-2-10-25-21)7-8-19(15)26-22(28)27-11-12-29-20(14-27)16-3-5-17(23)6-4-16/h2-10,13,20H,11-12,14H2,1H3,(H,26,28). The van der Waals surface area contributed by atoms with Crippen molar-refractivity contribution in [3.8, 4) is 0 Å². The summed E-state index contributed by atoms with van der Waals surface area (Å²) in [5.41, 5.74) is 2.56. The minimum Gasteiger partial charge on any atom is -0.370 e. The van der Waals surface area contributed by atoms with E-state index in [0.29, 0.717) is 24.9 Å². The number of anilines is 1. The van der Waals surface area contributed by atoms with Crippen molar-refractivity contribution in [2.75, 3.05) is 25.0 Å². The molecule has 0 aliphatic carbocycles. The first-order valence-corrected chi connectivity index (χ1v) is 10.4. The Morgan fingerprint density at radius 1 is 1.20 bits per heavy atom. The molecule has 0 saturated carbocycles. The van der Waals surface area contributed by atoms with Gasteiger partial charge in [0.25, 0.3) is 0 Å². The van der Waals surface area contributed by atoms with E-state index in [1.54, 1.807) is 35.5 Å². The van der Waals surface area contributed by atoms with Gasteiger partial charge in [-0.15, -0.1) is 0 Å². The second-order valence-electron chi connectivity index (χ2n) is 6.90. The van der Waals surface area contributed by atoms with Crippen LogP contribution in [0.1, 0.15) is 17.2 Å². The van der Waals surface area contributed by atoms with Gasteiger partial charge in [-0.1, -0.05) is 12.1 Å². The summed E-state index contributed by atoms with van der Waals surface area (Å²) in [5, 5.41) is 3.66. The van der Waals surface area contributed by atoms with Gasteiger partial charge in [0.05, 0.1) is 13.2 Å². The lowest BCUT2D eigenvalue weighted by Gasteiger charge is -2.33. The van der Waals surface area contributed by atoms with Gasteiger partial charge in [0.1, 0.15) is 11.9 Å². The fourth-order valence-corrected chi connectivity index (χ4v) is 4.00. The van der Waals surface area contributed by atoms with E-state index in [2.05, 4.69) is 15.3 Å². The molecule has 4 rings (SSSR count). The average Bonchev–Trinajstić information content (AvgIpc) is 2.77. The van der Waals surface area contributed by atoms with Crippen molar-refractivity contribution in [2.45, 2.75) is 23.1 Å². The molecular formula is C22H21FN4O2S. The molecule has 6 nitrogen and oxygen atoms in total. The summed E-state index contributed by atoms with van der Waals surface area (Å²) in [5.74, 6) is -0.292. The zero-order valence-corrected chi connectivity index (χ0v) is 17.2. The van der Waals surface area contributed by atoms with Crippen LogP contribution in [0, 0.1) is 12.7 Å². The van der Waals surface area contributed by atoms with E-state index in [-0.39, 0.29) is 18.0 Å². The fraction of sp³-hybridized carbons (Fsp3) is 0.227. The van der Waals surface area contributed by atoms with Crippen molar-refractivity contribution in [3.63, 3.8) is 0 Å². The number of amides is 2. The van der Waals surface area contributed by atoms with E-state index in [0.717, 1.165) is 21.7 Å². The molecule has 2 heterocycles. The summed E-state index contributed by atoms with van der Waals surface area (Å²) in [6.07, 6.45) is 3.15. The maximum absolute atomic E-state index is 13.2. The molecule has 154 valence electrons. The monoisotopic (exact) mass is 424 g/mol. The molecule has 1 N–H and O–H groups in total. The Labute approximate surface area is 178 Å². The van der Waals surface area contributed by atoms with E-state index < -0.39 is 0 Å². The van der Waals surface area contributed by atoms with Gasteiger partial charge in [0.15, 0.2) is 5.16 Å². The third kappa shape index (κ3) is 4.95. The molecule has 2 amide bonds. The van der Waals surface area contributed by atoms with Crippen LogP contribution in [0.25, 0.3) is 0 Å². The van der Waals surface area contributed by atoms with E-state index in [1.165, 1.54) is 23.9 Å². The molecule has 8 heteroatoms. The number of hydrogen-bond acceptors (Lipinski definition) is 5. The third-order valence-electron chi connectivity index (χ3n) is 4.79. The number of rotatable bonds is 4. The number of nitrogens with one attached hydrogen (secondary N) is 1. The largest absolute Gasteiger partial charge is 0.370 e. The number of carbonyl (C=O) groups is 1. The number of ether oxygens (including phenoxy) is 1. The van der Waals surface area contributed by atoms with Crippen LogP contribution >= 0.6 is 11.8 Å². The quantitative estimate of drug-likeness (QED) is 0.616. The van der Waals surface area contributed by atoms with Gasteiger partial charge in [-0.05, 0) is 66.2 Å². The first kappa shape index (κ1) is 20.3. The second kappa shape index (κ2) is 9.23. The van der Waals surface area contributed by atoms with Crippen LogP contribution in [-0.2, 0) is 4.74 Å². The van der Waals surface area contributed by atoms with Crippen molar-refractivity contribution in [1.82, 2.24) is 14.9 Å². The minimum absolute atomic E-state index is 0.180. The second-order valence-corrected chi connectivity index (χ2v) is 7.94. The lowest BCUT2D eigenvalue weighted by Crippen LogP contribution is -2.44. The van der Waals surface area contributed by atoms with Crippen LogP contribution in [0.4, 0.5) is 14.9 Å². The van der Waals surface area contributed by atoms with E-state index in [4.69, 9.17) is 4.74 Å². The minimum atomic E-state index is -0.292. The number of nitrogens with zero attached hydrogens (tertiary/aromatic N) is 3. The van der Waals surface area contributed by atoms with Crippen LogP contribution < -0.4 is 5.32 Å². The van der Waals surface area contributed by atoms with Gasteiger partial charge in [-0.3, -0.25) is 0 Å². The molecule has 1 saturated heterocycles. The number of aromatic nitrogens is 2. The van der Waals surface area contributed by atoms with Crippen LogP contribution in [-0.4, -0.2) is 40.6 Å². The molecular weight excluding hydrogens is 403 g/mol. The highest BCUT2D eigenvalue weighted by Crippen LogP contribution is 2.28. The number of hydrogen-bond donors (Lipinski definition) is 1. The normalized spacial score (nSPS) is 16.3. The van der Waals surface area contributed by atoms with Crippen LogP contribution in [0.3, 0.4) is 0 Å². The third-order valence-corrected chi connectivity index (χ3v) is 5.67. The molecule has 30 heavy (non-hydrogen) atoms. The van der Waals surface area contributed by atoms with E-state index >= 15 is 0 Å². The zero-order valence-electron chi connectivity index (χ0n) is 16.4. The number of benzene rings is 2. The van der Waals surface area contributed by atoms with Gasteiger partial charge >= 0.3 is 6.03 Å². The molecule has 3 aromatic rings. The zero-order chi connectivity index (χ0) is 20.9. The molecule has 1 atom stereocenters. The summed E-state index contributed by atoms with van der Waals surface area (Å²) in [6.45, 7) is 3.30. The number of aryl methyl sites for hydroxylation is 1. The molecule has 1 aliphatic heterocycles. The summed E-state index contributed by atoms with van der Waals surface area (Å²) in [7, 11) is 0. The number of urea groups is 1.